The van der Waals surface area contributed by atoms with Gasteiger partial charge in [0, 0.05) is 19.3 Å². The summed E-state index contributed by atoms with van der Waals surface area (Å²) >= 11 is 0. The van der Waals surface area contributed by atoms with Crippen molar-refractivity contribution in [3.63, 3.8) is 0 Å². The van der Waals surface area contributed by atoms with Crippen molar-refractivity contribution in [2.45, 2.75) is 57.1 Å². The SMILES string of the molecule is FC(F)(F)CCc1cccc(CCC(F)(F)F)c1CCC(F)(F)F. The largest absolute Gasteiger partial charge is 0.389 e. The number of aryl methyl sites for hydroxylation is 2. The second-order valence-corrected chi connectivity index (χ2v) is 5.40. The molecule has 0 fully saturated rings. The van der Waals surface area contributed by atoms with E-state index in [9.17, 15) is 39.5 Å². The van der Waals surface area contributed by atoms with Gasteiger partial charge in [0.15, 0.2) is 0 Å². The highest BCUT2D eigenvalue weighted by Gasteiger charge is 2.31. The van der Waals surface area contributed by atoms with Crippen molar-refractivity contribution >= 4 is 0 Å². The Labute approximate surface area is 132 Å². The summed E-state index contributed by atoms with van der Waals surface area (Å²) in [6, 6.07) is 3.73. The summed E-state index contributed by atoms with van der Waals surface area (Å²) in [5.74, 6) is 0. The lowest BCUT2D eigenvalue weighted by Crippen LogP contribution is -2.14. The minimum Gasteiger partial charge on any atom is -0.171 e. The topological polar surface area (TPSA) is 0 Å². The molecule has 0 aliphatic carbocycles. The lowest BCUT2D eigenvalue weighted by molar-refractivity contribution is -0.136. The summed E-state index contributed by atoms with van der Waals surface area (Å²) in [6.07, 6.45) is -19.1. The summed E-state index contributed by atoms with van der Waals surface area (Å²) in [5, 5.41) is 0. The van der Waals surface area contributed by atoms with Crippen LogP contribution < -0.4 is 0 Å². The number of hydrogen-bond acceptors (Lipinski definition) is 0. The standard InChI is InChI=1S/C15H15F9/c16-13(17,18)7-4-10-2-1-3-11(5-8-14(19,20)21)12(10)6-9-15(22,23)24/h1-3H,4-9H2. The number of rotatable bonds is 6. The Balaban J connectivity index is 3.03. The van der Waals surface area contributed by atoms with Gasteiger partial charge in [-0.2, -0.15) is 39.5 Å². The third-order valence-electron chi connectivity index (χ3n) is 3.38. The van der Waals surface area contributed by atoms with Crippen LogP contribution in [0.15, 0.2) is 18.2 Å². The highest BCUT2D eigenvalue weighted by molar-refractivity contribution is 5.36. The molecule has 0 radical (unpaired) electrons. The highest BCUT2D eigenvalue weighted by Crippen LogP contribution is 2.30. The van der Waals surface area contributed by atoms with Crippen LogP contribution in [0, 0.1) is 0 Å². The predicted molar refractivity (Wildman–Crippen MR) is 69.6 cm³/mol. The number of alkyl halides is 9. The van der Waals surface area contributed by atoms with Crippen LogP contribution in [0.5, 0.6) is 0 Å². The third kappa shape index (κ3) is 8.44. The minimum absolute atomic E-state index is 0.0104. The van der Waals surface area contributed by atoms with Crippen molar-refractivity contribution in [3.05, 3.63) is 34.9 Å². The van der Waals surface area contributed by atoms with Crippen molar-refractivity contribution in [1.29, 1.82) is 0 Å². The zero-order valence-corrected chi connectivity index (χ0v) is 12.4. The van der Waals surface area contributed by atoms with Crippen LogP contribution in [0.25, 0.3) is 0 Å². The van der Waals surface area contributed by atoms with Crippen LogP contribution in [-0.4, -0.2) is 18.5 Å². The quantitative estimate of drug-likeness (QED) is 0.528. The first kappa shape index (κ1) is 20.6. The van der Waals surface area contributed by atoms with Crippen LogP contribution in [0.4, 0.5) is 39.5 Å². The molecule has 0 N–H and O–H groups in total. The number of benzene rings is 1. The molecule has 1 aromatic carbocycles. The molecule has 0 spiro atoms. The molecule has 0 bridgehead atoms. The molecule has 0 saturated heterocycles. The van der Waals surface area contributed by atoms with Gasteiger partial charge in [-0.05, 0) is 36.0 Å². The maximum absolute atomic E-state index is 12.4. The maximum atomic E-state index is 12.4. The van der Waals surface area contributed by atoms with Crippen molar-refractivity contribution < 1.29 is 39.5 Å². The van der Waals surface area contributed by atoms with Gasteiger partial charge in [-0.1, -0.05) is 18.2 Å². The Kier molecular flexibility index (Phi) is 6.58. The van der Waals surface area contributed by atoms with Gasteiger partial charge in [-0.15, -0.1) is 0 Å². The molecule has 1 rings (SSSR count). The van der Waals surface area contributed by atoms with Crippen molar-refractivity contribution in [3.8, 4) is 0 Å². The Morgan fingerprint density at radius 3 is 1.21 bits per heavy atom. The van der Waals surface area contributed by atoms with E-state index >= 15 is 0 Å². The van der Waals surface area contributed by atoms with E-state index in [0.717, 1.165) is 0 Å². The third-order valence-corrected chi connectivity index (χ3v) is 3.38. The second kappa shape index (κ2) is 7.65. The molecule has 138 valence electrons. The smallest absolute Gasteiger partial charge is 0.171 e. The molecule has 0 atom stereocenters. The average Bonchev–Trinajstić information content (AvgIpc) is 2.38. The first-order valence-corrected chi connectivity index (χ1v) is 7.07. The molecule has 0 nitrogen and oxygen atoms in total. The minimum atomic E-state index is -4.54. The predicted octanol–water partition coefficient (Wildman–Crippen LogP) is 6.17. The van der Waals surface area contributed by atoms with E-state index in [1.54, 1.807) is 0 Å². The first-order valence-electron chi connectivity index (χ1n) is 7.07. The summed E-state index contributed by atoms with van der Waals surface area (Å²) in [5.41, 5.74) is -0.0455. The zero-order valence-electron chi connectivity index (χ0n) is 12.4. The van der Waals surface area contributed by atoms with Crippen molar-refractivity contribution in [2.75, 3.05) is 0 Å². The molecular formula is C15H15F9. The van der Waals surface area contributed by atoms with Crippen LogP contribution in [0.2, 0.25) is 0 Å². The van der Waals surface area contributed by atoms with E-state index < -0.39 is 57.1 Å². The van der Waals surface area contributed by atoms with Gasteiger partial charge in [-0.25, -0.2) is 0 Å². The number of hydrogen-bond donors (Lipinski definition) is 0. The molecule has 0 heterocycles. The molecule has 0 saturated carbocycles. The van der Waals surface area contributed by atoms with Gasteiger partial charge in [-0.3, -0.25) is 0 Å². The Hall–Kier alpha value is -1.41. The summed E-state index contributed by atoms with van der Waals surface area (Å²) in [6.45, 7) is 0. The Morgan fingerprint density at radius 2 is 0.875 bits per heavy atom. The van der Waals surface area contributed by atoms with Crippen molar-refractivity contribution in [2.24, 2.45) is 0 Å². The normalized spacial score (nSPS) is 13.4. The van der Waals surface area contributed by atoms with Gasteiger partial charge >= 0.3 is 18.5 Å². The lowest BCUT2D eigenvalue weighted by atomic mass is 9.91. The van der Waals surface area contributed by atoms with Crippen molar-refractivity contribution in [1.82, 2.24) is 0 Å². The summed E-state index contributed by atoms with van der Waals surface area (Å²) in [7, 11) is 0. The van der Waals surface area contributed by atoms with E-state index in [4.69, 9.17) is 0 Å². The first-order chi connectivity index (χ1) is 10.8. The average molecular weight is 366 g/mol. The van der Waals surface area contributed by atoms with E-state index in [2.05, 4.69) is 0 Å². The molecule has 0 aromatic heterocycles. The van der Waals surface area contributed by atoms with Gasteiger partial charge < -0.3 is 0 Å². The maximum Gasteiger partial charge on any atom is 0.389 e. The molecule has 1 aromatic rings. The van der Waals surface area contributed by atoms with E-state index in [1.807, 2.05) is 0 Å². The zero-order chi connectivity index (χ0) is 18.6. The molecule has 0 amide bonds. The fraction of sp³-hybridized carbons (Fsp3) is 0.600. The van der Waals surface area contributed by atoms with Crippen LogP contribution in [-0.2, 0) is 19.3 Å². The van der Waals surface area contributed by atoms with Gasteiger partial charge in [0.05, 0.1) is 0 Å². The molecule has 0 aliphatic rings. The summed E-state index contributed by atoms with van der Waals surface area (Å²) < 4.78 is 111. The van der Waals surface area contributed by atoms with E-state index in [0.29, 0.717) is 0 Å². The monoisotopic (exact) mass is 366 g/mol. The highest BCUT2D eigenvalue weighted by atomic mass is 19.4. The molecular weight excluding hydrogens is 351 g/mol. The van der Waals surface area contributed by atoms with Crippen LogP contribution >= 0.6 is 0 Å². The second-order valence-electron chi connectivity index (χ2n) is 5.40. The van der Waals surface area contributed by atoms with Crippen LogP contribution in [0.3, 0.4) is 0 Å². The Bertz CT molecular complexity index is 487. The molecule has 9 heteroatoms. The van der Waals surface area contributed by atoms with Gasteiger partial charge in [0.1, 0.15) is 0 Å². The van der Waals surface area contributed by atoms with E-state index in [-0.39, 0.29) is 16.7 Å². The number of halogens is 9. The fourth-order valence-corrected chi connectivity index (χ4v) is 2.30. The summed E-state index contributed by atoms with van der Waals surface area (Å²) in [4.78, 5) is 0. The fourth-order valence-electron chi connectivity index (χ4n) is 2.30. The van der Waals surface area contributed by atoms with Gasteiger partial charge in [0.25, 0.3) is 0 Å². The molecule has 0 unspecified atom stereocenters. The van der Waals surface area contributed by atoms with Gasteiger partial charge in [0.2, 0.25) is 0 Å². The van der Waals surface area contributed by atoms with E-state index in [1.165, 1.54) is 18.2 Å². The van der Waals surface area contributed by atoms with Crippen LogP contribution in [0.1, 0.15) is 36.0 Å². The molecule has 0 aliphatic heterocycles. The molecule has 24 heavy (non-hydrogen) atoms. The lowest BCUT2D eigenvalue weighted by Gasteiger charge is -2.17. The Morgan fingerprint density at radius 1 is 0.542 bits per heavy atom.